The summed E-state index contributed by atoms with van der Waals surface area (Å²) in [6.07, 6.45) is 2.85. The molecule has 6 nitrogen and oxygen atoms in total. The highest BCUT2D eigenvalue weighted by atomic mass is 16.2. The maximum Gasteiger partial charge on any atom is 0.219 e. The lowest BCUT2D eigenvalue weighted by atomic mass is 9.94. The molecule has 1 aliphatic heterocycles. The predicted molar refractivity (Wildman–Crippen MR) is 74.5 cm³/mol. The summed E-state index contributed by atoms with van der Waals surface area (Å²) < 4.78 is 0. The Labute approximate surface area is 112 Å². The highest BCUT2D eigenvalue weighted by Gasteiger charge is 2.22. The molecule has 0 unspecified atom stereocenters. The molecular formula is C13H19N5O. The van der Waals surface area contributed by atoms with E-state index in [1.54, 1.807) is 6.92 Å². The van der Waals surface area contributed by atoms with Gasteiger partial charge in [0.1, 0.15) is 12.2 Å². The fourth-order valence-corrected chi connectivity index (χ4v) is 2.44. The Morgan fingerprint density at radius 3 is 2.79 bits per heavy atom. The van der Waals surface area contributed by atoms with Crippen LogP contribution in [0.25, 0.3) is 0 Å². The van der Waals surface area contributed by atoms with Crippen LogP contribution < -0.4 is 5.73 Å². The van der Waals surface area contributed by atoms with Gasteiger partial charge < -0.3 is 15.6 Å². The lowest BCUT2D eigenvalue weighted by Crippen LogP contribution is -2.36. The summed E-state index contributed by atoms with van der Waals surface area (Å²) in [5, 5.41) is 6.90. The lowest BCUT2D eigenvalue weighted by Gasteiger charge is -2.30. The van der Waals surface area contributed by atoms with Gasteiger partial charge in [0.2, 0.25) is 5.91 Å². The number of rotatable bonds is 3. The van der Waals surface area contributed by atoms with E-state index in [-0.39, 0.29) is 5.91 Å². The molecular weight excluding hydrogens is 242 g/mol. The third-order valence-electron chi connectivity index (χ3n) is 3.57. The van der Waals surface area contributed by atoms with Gasteiger partial charge in [-0.2, -0.15) is 0 Å². The van der Waals surface area contributed by atoms with E-state index in [0.29, 0.717) is 11.8 Å². The molecule has 1 saturated heterocycles. The lowest BCUT2D eigenvalue weighted by molar-refractivity contribution is -0.129. The van der Waals surface area contributed by atoms with Crippen LogP contribution in [0.1, 0.15) is 37.1 Å². The molecule has 19 heavy (non-hydrogen) atoms. The van der Waals surface area contributed by atoms with Crippen LogP contribution in [0.3, 0.4) is 0 Å². The van der Waals surface area contributed by atoms with E-state index in [2.05, 4.69) is 9.98 Å². The molecule has 2 heterocycles. The van der Waals surface area contributed by atoms with Gasteiger partial charge in [0.25, 0.3) is 0 Å². The van der Waals surface area contributed by atoms with Crippen LogP contribution in [0.5, 0.6) is 0 Å². The minimum Gasteiger partial charge on any atom is -0.382 e. The van der Waals surface area contributed by atoms with E-state index in [4.69, 9.17) is 11.1 Å². The fourth-order valence-electron chi connectivity index (χ4n) is 2.44. The minimum atomic E-state index is 0.146. The number of carbonyl (C=O) groups excluding carboxylic acids is 1. The standard InChI is InChI=1S/C13H19N5O/c1-9(19)18-6-4-10(5-7-18)11-2-3-12(17-11)13(15)16-8-14/h2-3,8,10,17H,4-7H2,1H3,(H3,14,15,16). The SMILES string of the molecule is CC(=O)N1CCC(c2ccc(/C(N)=N\C=N)[nH]2)CC1. The molecule has 1 aromatic rings. The van der Waals surface area contributed by atoms with Gasteiger partial charge in [-0.25, -0.2) is 4.99 Å². The zero-order valence-electron chi connectivity index (χ0n) is 11.0. The van der Waals surface area contributed by atoms with Gasteiger partial charge in [-0.1, -0.05) is 0 Å². The number of carbonyl (C=O) groups is 1. The van der Waals surface area contributed by atoms with E-state index < -0.39 is 0 Å². The molecule has 1 amide bonds. The Hall–Kier alpha value is -2.11. The van der Waals surface area contributed by atoms with E-state index in [1.165, 1.54) is 0 Å². The summed E-state index contributed by atoms with van der Waals surface area (Å²) in [5.74, 6) is 0.896. The van der Waals surface area contributed by atoms with Gasteiger partial charge in [-0.3, -0.25) is 10.2 Å². The number of aromatic amines is 1. The van der Waals surface area contributed by atoms with Crippen molar-refractivity contribution < 1.29 is 4.79 Å². The molecule has 0 spiro atoms. The topological polar surface area (TPSA) is 98.3 Å². The van der Waals surface area contributed by atoms with Crippen molar-refractivity contribution in [1.82, 2.24) is 9.88 Å². The molecule has 1 aliphatic rings. The van der Waals surface area contributed by atoms with E-state index >= 15 is 0 Å². The number of piperidine rings is 1. The monoisotopic (exact) mass is 261 g/mol. The molecule has 1 aromatic heterocycles. The first-order valence-corrected chi connectivity index (χ1v) is 6.39. The van der Waals surface area contributed by atoms with Crippen molar-refractivity contribution in [3.63, 3.8) is 0 Å². The van der Waals surface area contributed by atoms with Crippen molar-refractivity contribution in [3.05, 3.63) is 23.5 Å². The number of likely N-dealkylation sites (tertiary alicyclic amines) is 1. The van der Waals surface area contributed by atoms with Crippen molar-refractivity contribution >= 4 is 18.1 Å². The summed E-state index contributed by atoms with van der Waals surface area (Å²) in [5.41, 5.74) is 7.59. The van der Waals surface area contributed by atoms with E-state index in [9.17, 15) is 4.79 Å². The summed E-state index contributed by atoms with van der Waals surface area (Å²) in [4.78, 5) is 20.1. The first-order chi connectivity index (χ1) is 9.11. The predicted octanol–water partition coefficient (Wildman–Crippen LogP) is 1.05. The van der Waals surface area contributed by atoms with Crippen LogP contribution in [-0.2, 0) is 4.79 Å². The van der Waals surface area contributed by atoms with Crippen LogP contribution in [0.2, 0.25) is 0 Å². The highest BCUT2D eigenvalue weighted by Crippen LogP contribution is 2.27. The molecule has 6 heteroatoms. The number of amidine groups is 1. The Balaban J connectivity index is 2.02. The van der Waals surface area contributed by atoms with Crippen LogP contribution in [-0.4, -0.2) is 41.1 Å². The van der Waals surface area contributed by atoms with Gasteiger partial charge in [0.05, 0.1) is 5.69 Å². The van der Waals surface area contributed by atoms with Gasteiger partial charge in [0.15, 0.2) is 0 Å². The summed E-state index contributed by atoms with van der Waals surface area (Å²) in [6, 6.07) is 3.89. The smallest absolute Gasteiger partial charge is 0.219 e. The van der Waals surface area contributed by atoms with Crippen LogP contribution >= 0.6 is 0 Å². The van der Waals surface area contributed by atoms with Crippen molar-refractivity contribution in [1.29, 1.82) is 5.41 Å². The molecule has 0 aliphatic carbocycles. The molecule has 4 N–H and O–H groups in total. The van der Waals surface area contributed by atoms with Crippen molar-refractivity contribution in [2.45, 2.75) is 25.7 Å². The summed E-state index contributed by atoms with van der Waals surface area (Å²) >= 11 is 0. The minimum absolute atomic E-state index is 0.146. The quantitative estimate of drug-likeness (QED) is 0.560. The van der Waals surface area contributed by atoms with Crippen molar-refractivity contribution in [2.24, 2.45) is 10.7 Å². The molecule has 102 valence electrons. The zero-order chi connectivity index (χ0) is 13.8. The number of aliphatic imine (C=N–C) groups is 1. The average Bonchev–Trinajstić information content (AvgIpc) is 2.89. The molecule has 0 bridgehead atoms. The van der Waals surface area contributed by atoms with Crippen LogP contribution in [0, 0.1) is 5.41 Å². The normalized spacial score (nSPS) is 17.5. The third-order valence-corrected chi connectivity index (χ3v) is 3.57. The summed E-state index contributed by atoms with van der Waals surface area (Å²) in [6.45, 7) is 3.22. The van der Waals surface area contributed by atoms with Crippen LogP contribution in [0.4, 0.5) is 0 Å². The zero-order valence-corrected chi connectivity index (χ0v) is 11.0. The van der Waals surface area contributed by atoms with Gasteiger partial charge in [-0.15, -0.1) is 0 Å². The maximum atomic E-state index is 11.3. The number of hydrogen-bond donors (Lipinski definition) is 3. The Morgan fingerprint density at radius 1 is 1.53 bits per heavy atom. The van der Waals surface area contributed by atoms with Gasteiger partial charge in [-0.05, 0) is 25.0 Å². The second kappa shape index (κ2) is 5.69. The second-order valence-corrected chi connectivity index (χ2v) is 4.75. The number of aromatic nitrogens is 1. The fraction of sp³-hybridized carbons (Fsp3) is 0.462. The second-order valence-electron chi connectivity index (χ2n) is 4.75. The largest absolute Gasteiger partial charge is 0.382 e. The molecule has 0 radical (unpaired) electrons. The third kappa shape index (κ3) is 3.01. The van der Waals surface area contributed by atoms with Crippen LogP contribution in [0.15, 0.2) is 17.1 Å². The molecule has 0 atom stereocenters. The number of nitrogens with two attached hydrogens (primary N) is 1. The Bertz CT molecular complexity index is 497. The molecule has 1 fully saturated rings. The highest BCUT2D eigenvalue weighted by molar-refractivity contribution is 5.99. The van der Waals surface area contributed by atoms with E-state index in [1.807, 2.05) is 17.0 Å². The van der Waals surface area contributed by atoms with Crippen molar-refractivity contribution in [3.8, 4) is 0 Å². The van der Waals surface area contributed by atoms with Gasteiger partial charge in [0, 0.05) is 31.6 Å². The summed E-state index contributed by atoms with van der Waals surface area (Å²) in [7, 11) is 0. The van der Waals surface area contributed by atoms with Gasteiger partial charge >= 0.3 is 0 Å². The number of nitrogens with one attached hydrogen (secondary N) is 2. The maximum absolute atomic E-state index is 11.3. The Morgan fingerprint density at radius 2 is 2.21 bits per heavy atom. The number of amides is 1. The molecule has 2 rings (SSSR count). The number of hydrogen-bond acceptors (Lipinski definition) is 2. The first-order valence-electron chi connectivity index (χ1n) is 6.39. The first kappa shape index (κ1) is 13.3. The van der Waals surface area contributed by atoms with E-state index in [0.717, 1.165) is 43.7 Å². The molecule has 0 aromatic carbocycles. The number of nitrogens with zero attached hydrogens (tertiary/aromatic N) is 2. The average molecular weight is 261 g/mol. The molecule has 0 saturated carbocycles. The van der Waals surface area contributed by atoms with Crippen molar-refractivity contribution in [2.75, 3.05) is 13.1 Å². The number of H-pyrrole nitrogens is 1. The Kier molecular flexibility index (Phi) is 3.99.